The predicted octanol–water partition coefficient (Wildman–Crippen LogP) is 1.49. The van der Waals surface area contributed by atoms with Gasteiger partial charge in [0.2, 0.25) is 0 Å². The molecule has 1 saturated carbocycles. The van der Waals surface area contributed by atoms with Crippen molar-refractivity contribution in [2.75, 3.05) is 13.1 Å². The first kappa shape index (κ1) is 11.5. The smallest absolute Gasteiger partial charge is 0.0868 e. The van der Waals surface area contributed by atoms with Crippen LogP contribution in [-0.4, -0.2) is 30.1 Å². The van der Waals surface area contributed by atoms with Crippen LogP contribution < -0.4 is 5.73 Å². The van der Waals surface area contributed by atoms with Crippen LogP contribution >= 0.6 is 0 Å². The molecular formula is C11H21N3. The van der Waals surface area contributed by atoms with Gasteiger partial charge in [0.1, 0.15) is 0 Å². The first-order valence-corrected chi connectivity index (χ1v) is 5.64. The van der Waals surface area contributed by atoms with Crippen LogP contribution in [0, 0.1) is 11.3 Å². The minimum Gasteiger partial charge on any atom is -0.328 e. The van der Waals surface area contributed by atoms with E-state index in [-0.39, 0.29) is 0 Å². The number of rotatable bonds is 4. The molecule has 0 amide bonds. The van der Waals surface area contributed by atoms with Crippen LogP contribution in [0.25, 0.3) is 0 Å². The summed E-state index contributed by atoms with van der Waals surface area (Å²) in [5.74, 6) is 0. The third-order valence-corrected chi connectivity index (χ3v) is 3.04. The lowest BCUT2D eigenvalue weighted by Crippen LogP contribution is -2.41. The van der Waals surface area contributed by atoms with Crippen LogP contribution in [0.15, 0.2) is 0 Å². The molecule has 0 aromatic carbocycles. The number of hydrogen-bond donors (Lipinski definition) is 1. The maximum atomic E-state index is 8.73. The molecule has 0 aliphatic heterocycles. The Bertz CT molecular complexity index is 189. The first-order chi connectivity index (χ1) is 6.77. The summed E-state index contributed by atoms with van der Waals surface area (Å²) in [6.07, 6.45) is 5.71. The minimum absolute atomic E-state index is 0.400. The molecule has 14 heavy (non-hydrogen) atoms. The Morgan fingerprint density at radius 2 is 2.00 bits per heavy atom. The van der Waals surface area contributed by atoms with Gasteiger partial charge in [-0.05, 0) is 38.6 Å². The highest BCUT2D eigenvalue weighted by Crippen LogP contribution is 2.21. The SMILES string of the molecule is CCCN(CC#N)C1CCC(N)CC1. The Hall–Kier alpha value is -0.590. The van der Waals surface area contributed by atoms with Crippen molar-refractivity contribution in [3.8, 4) is 6.07 Å². The Balaban J connectivity index is 2.39. The van der Waals surface area contributed by atoms with Crippen molar-refractivity contribution in [2.45, 2.75) is 51.1 Å². The van der Waals surface area contributed by atoms with Crippen LogP contribution in [-0.2, 0) is 0 Å². The lowest BCUT2D eigenvalue weighted by atomic mass is 9.90. The average Bonchev–Trinajstić information content (AvgIpc) is 2.19. The van der Waals surface area contributed by atoms with Gasteiger partial charge in [0, 0.05) is 12.1 Å². The molecular weight excluding hydrogens is 174 g/mol. The maximum absolute atomic E-state index is 8.73. The second-order valence-corrected chi connectivity index (χ2v) is 4.20. The first-order valence-electron chi connectivity index (χ1n) is 5.64. The standard InChI is InChI=1S/C11H21N3/c1-2-8-14(9-7-12)11-5-3-10(13)4-6-11/h10-11H,2-6,8-9,13H2,1H3. The highest BCUT2D eigenvalue weighted by Gasteiger charge is 2.23. The lowest BCUT2D eigenvalue weighted by Gasteiger charge is -2.34. The Labute approximate surface area is 86.9 Å². The van der Waals surface area contributed by atoms with Gasteiger partial charge in [0.25, 0.3) is 0 Å². The van der Waals surface area contributed by atoms with Gasteiger partial charge in [-0.1, -0.05) is 6.92 Å². The average molecular weight is 195 g/mol. The van der Waals surface area contributed by atoms with Crippen molar-refractivity contribution < 1.29 is 0 Å². The molecule has 1 aliphatic rings. The summed E-state index contributed by atoms with van der Waals surface area (Å²) in [6.45, 7) is 3.79. The van der Waals surface area contributed by atoms with E-state index in [4.69, 9.17) is 11.0 Å². The number of nitrogens with zero attached hydrogens (tertiary/aromatic N) is 2. The molecule has 0 unspecified atom stereocenters. The molecule has 3 heteroatoms. The van der Waals surface area contributed by atoms with Crippen LogP contribution in [0.1, 0.15) is 39.0 Å². The molecule has 80 valence electrons. The molecule has 3 nitrogen and oxygen atoms in total. The van der Waals surface area contributed by atoms with Gasteiger partial charge in [-0.2, -0.15) is 5.26 Å². The van der Waals surface area contributed by atoms with Gasteiger partial charge in [-0.25, -0.2) is 0 Å². The van der Waals surface area contributed by atoms with Gasteiger partial charge in [-0.15, -0.1) is 0 Å². The fraction of sp³-hybridized carbons (Fsp3) is 0.909. The van der Waals surface area contributed by atoms with Crippen LogP contribution in [0.5, 0.6) is 0 Å². The van der Waals surface area contributed by atoms with E-state index in [2.05, 4.69) is 17.9 Å². The largest absolute Gasteiger partial charge is 0.328 e. The Morgan fingerprint density at radius 3 is 2.50 bits per heavy atom. The van der Waals surface area contributed by atoms with Gasteiger partial charge in [0.05, 0.1) is 12.6 Å². The second kappa shape index (κ2) is 6.00. The molecule has 0 radical (unpaired) electrons. The highest BCUT2D eigenvalue weighted by molar-refractivity contribution is 4.85. The van der Waals surface area contributed by atoms with Crippen LogP contribution in [0.2, 0.25) is 0 Å². The third-order valence-electron chi connectivity index (χ3n) is 3.04. The van der Waals surface area contributed by atoms with E-state index in [0.29, 0.717) is 18.6 Å². The van der Waals surface area contributed by atoms with Crippen LogP contribution in [0.4, 0.5) is 0 Å². The number of hydrogen-bond acceptors (Lipinski definition) is 3. The summed E-state index contributed by atoms with van der Waals surface area (Å²) in [5.41, 5.74) is 5.86. The normalized spacial score (nSPS) is 27.6. The van der Waals surface area contributed by atoms with E-state index in [1.54, 1.807) is 0 Å². The van der Waals surface area contributed by atoms with Crippen molar-refractivity contribution in [1.82, 2.24) is 4.90 Å². The minimum atomic E-state index is 0.400. The molecule has 2 N–H and O–H groups in total. The molecule has 0 saturated heterocycles. The fourth-order valence-electron chi connectivity index (χ4n) is 2.24. The predicted molar refractivity (Wildman–Crippen MR) is 57.7 cm³/mol. The molecule has 0 atom stereocenters. The van der Waals surface area contributed by atoms with E-state index < -0.39 is 0 Å². The second-order valence-electron chi connectivity index (χ2n) is 4.20. The Morgan fingerprint density at radius 1 is 1.36 bits per heavy atom. The van der Waals surface area contributed by atoms with Crippen molar-refractivity contribution in [2.24, 2.45) is 5.73 Å². The summed E-state index contributed by atoms with van der Waals surface area (Å²) in [5, 5.41) is 8.73. The van der Waals surface area contributed by atoms with E-state index in [9.17, 15) is 0 Å². The zero-order valence-electron chi connectivity index (χ0n) is 9.08. The highest BCUT2D eigenvalue weighted by atomic mass is 15.1. The van der Waals surface area contributed by atoms with Gasteiger partial charge in [-0.3, -0.25) is 4.90 Å². The van der Waals surface area contributed by atoms with E-state index in [1.165, 1.54) is 12.8 Å². The van der Waals surface area contributed by atoms with E-state index in [1.807, 2.05) is 0 Å². The summed E-state index contributed by atoms with van der Waals surface area (Å²) in [6, 6.07) is 3.26. The van der Waals surface area contributed by atoms with Gasteiger partial charge >= 0.3 is 0 Å². The van der Waals surface area contributed by atoms with E-state index >= 15 is 0 Å². The molecule has 1 rings (SSSR count). The van der Waals surface area contributed by atoms with Crippen molar-refractivity contribution in [3.63, 3.8) is 0 Å². The lowest BCUT2D eigenvalue weighted by molar-refractivity contribution is 0.167. The van der Waals surface area contributed by atoms with E-state index in [0.717, 1.165) is 25.8 Å². The molecule has 0 heterocycles. The van der Waals surface area contributed by atoms with Gasteiger partial charge < -0.3 is 5.73 Å². The molecule has 0 spiro atoms. The maximum Gasteiger partial charge on any atom is 0.0868 e. The zero-order valence-corrected chi connectivity index (χ0v) is 9.08. The summed E-state index contributed by atoms with van der Waals surface area (Å²) in [7, 11) is 0. The summed E-state index contributed by atoms with van der Waals surface area (Å²) in [4.78, 5) is 2.31. The molecule has 1 aliphatic carbocycles. The quantitative estimate of drug-likeness (QED) is 0.691. The van der Waals surface area contributed by atoms with Gasteiger partial charge in [0.15, 0.2) is 0 Å². The monoisotopic (exact) mass is 195 g/mol. The number of nitriles is 1. The molecule has 0 bridgehead atoms. The van der Waals surface area contributed by atoms with Crippen molar-refractivity contribution >= 4 is 0 Å². The molecule has 0 aromatic heterocycles. The molecule has 0 aromatic rings. The number of nitrogens with two attached hydrogens (primary N) is 1. The van der Waals surface area contributed by atoms with Crippen molar-refractivity contribution in [3.05, 3.63) is 0 Å². The molecule has 1 fully saturated rings. The zero-order chi connectivity index (χ0) is 10.4. The fourth-order valence-corrected chi connectivity index (χ4v) is 2.24. The topological polar surface area (TPSA) is 53.0 Å². The van der Waals surface area contributed by atoms with Crippen LogP contribution in [0.3, 0.4) is 0 Å². The van der Waals surface area contributed by atoms with Crippen molar-refractivity contribution in [1.29, 1.82) is 5.26 Å². The summed E-state index contributed by atoms with van der Waals surface area (Å²) >= 11 is 0. The third kappa shape index (κ3) is 3.28. The Kier molecular flexibility index (Phi) is 4.92. The summed E-state index contributed by atoms with van der Waals surface area (Å²) < 4.78 is 0.